The second-order valence-corrected chi connectivity index (χ2v) is 13.3. The summed E-state index contributed by atoms with van der Waals surface area (Å²) in [5, 5.41) is 11.9. The van der Waals surface area contributed by atoms with E-state index in [1.54, 1.807) is 42.5 Å². The van der Waals surface area contributed by atoms with Crippen molar-refractivity contribution in [3.05, 3.63) is 59.7 Å². The summed E-state index contributed by atoms with van der Waals surface area (Å²) in [6.07, 6.45) is 5.84. The molecule has 0 spiro atoms. The summed E-state index contributed by atoms with van der Waals surface area (Å²) in [5.74, 6) is -2.46. The fourth-order valence-corrected chi connectivity index (χ4v) is 9.53. The van der Waals surface area contributed by atoms with Crippen LogP contribution in [-0.4, -0.2) is 51.8 Å². The summed E-state index contributed by atoms with van der Waals surface area (Å²) in [6.45, 7) is 6.66. The molecular weight excluding hydrogens is 564 g/mol. The molecule has 39 heavy (non-hydrogen) atoms. The molecule has 0 amide bonds. The lowest BCUT2D eigenvalue weighted by Crippen LogP contribution is -2.65. The Kier molecular flexibility index (Phi) is 7.03. The number of alkyl halides is 1. The number of carbonyl (C=O) groups is 4. The largest absolute Gasteiger partial charge is 0.458 e. The lowest BCUT2D eigenvalue weighted by atomic mass is 9.46. The Morgan fingerprint density at radius 3 is 2.51 bits per heavy atom. The Balaban J connectivity index is 1.60. The molecule has 0 radical (unpaired) electrons. The highest BCUT2D eigenvalue weighted by Gasteiger charge is 2.73. The molecule has 0 saturated heterocycles. The molecule has 0 aliphatic heterocycles. The SMILES string of the molecule is CC(=O)OCC(=O)[C@]1(OC(=O)c2ccccc2)[C@@H](C)C[C@H]2[C@H]3[C@H]([C@@H](O)C[C@@]21C)[C@@]1(C)C=CC(=O)C=C1C[C@H]3Br. The third-order valence-electron chi connectivity index (χ3n) is 10.1. The molecule has 1 aromatic carbocycles. The van der Waals surface area contributed by atoms with Crippen LogP contribution < -0.4 is 0 Å². The molecule has 0 unspecified atom stereocenters. The summed E-state index contributed by atoms with van der Waals surface area (Å²) < 4.78 is 11.4. The van der Waals surface area contributed by atoms with Crippen molar-refractivity contribution in [3.63, 3.8) is 0 Å². The molecule has 8 heteroatoms. The molecule has 4 aliphatic carbocycles. The minimum absolute atomic E-state index is 0.0446. The average molecular weight is 600 g/mol. The van der Waals surface area contributed by atoms with Gasteiger partial charge in [0.2, 0.25) is 5.78 Å². The van der Waals surface area contributed by atoms with E-state index < -0.39 is 46.9 Å². The van der Waals surface area contributed by atoms with Gasteiger partial charge in [-0.1, -0.05) is 66.5 Å². The Morgan fingerprint density at radius 2 is 1.85 bits per heavy atom. The lowest BCUT2D eigenvalue weighted by Gasteiger charge is -2.61. The second kappa shape index (κ2) is 9.81. The van der Waals surface area contributed by atoms with E-state index in [4.69, 9.17) is 9.47 Å². The Labute approximate surface area is 237 Å². The first-order chi connectivity index (χ1) is 18.3. The van der Waals surface area contributed by atoms with Crippen LogP contribution in [0.15, 0.2) is 54.1 Å². The number of ketones is 2. The summed E-state index contributed by atoms with van der Waals surface area (Å²) >= 11 is 3.91. The molecule has 1 N–H and O–H groups in total. The summed E-state index contributed by atoms with van der Waals surface area (Å²) in [5.41, 5.74) is -1.71. The molecule has 3 saturated carbocycles. The highest BCUT2D eigenvalue weighted by molar-refractivity contribution is 9.09. The molecule has 5 rings (SSSR count). The van der Waals surface area contributed by atoms with Crippen molar-refractivity contribution in [2.24, 2.45) is 34.5 Å². The topological polar surface area (TPSA) is 107 Å². The Bertz CT molecular complexity index is 1270. The van der Waals surface area contributed by atoms with Gasteiger partial charge >= 0.3 is 11.9 Å². The van der Waals surface area contributed by atoms with E-state index in [1.807, 2.05) is 19.9 Å². The van der Waals surface area contributed by atoms with Crippen LogP contribution in [0.5, 0.6) is 0 Å². The van der Waals surface area contributed by atoms with E-state index in [-0.39, 0.29) is 40.7 Å². The van der Waals surface area contributed by atoms with Gasteiger partial charge in [-0.2, -0.15) is 0 Å². The van der Waals surface area contributed by atoms with Crippen molar-refractivity contribution in [1.29, 1.82) is 0 Å². The van der Waals surface area contributed by atoms with Crippen LogP contribution in [0.4, 0.5) is 0 Å². The number of aliphatic hydroxyl groups excluding tert-OH is 1. The maximum absolute atomic E-state index is 14.1. The van der Waals surface area contributed by atoms with E-state index in [2.05, 4.69) is 22.9 Å². The highest BCUT2D eigenvalue weighted by Crippen LogP contribution is 2.70. The highest BCUT2D eigenvalue weighted by atomic mass is 79.9. The van der Waals surface area contributed by atoms with Gasteiger partial charge in [0.1, 0.15) is 0 Å². The molecule has 1 aromatic rings. The van der Waals surface area contributed by atoms with Crippen LogP contribution in [0, 0.1) is 34.5 Å². The monoisotopic (exact) mass is 598 g/mol. The maximum Gasteiger partial charge on any atom is 0.339 e. The zero-order valence-electron chi connectivity index (χ0n) is 22.7. The summed E-state index contributed by atoms with van der Waals surface area (Å²) in [4.78, 5) is 51.4. The van der Waals surface area contributed by atoms with Crippen LogP contribution >= 0.6 is 15.9 Å². The molecular formula is C31H35BrO7. The van der Waals surface area contributed by atoms with E-state index in [0.717, 1.165) is 5.57 Å². The zero-order chi connectivity index (χ0) is 28.3. The fourth-order valence-electron chi connectivity index (χ4n) is 8.48. The van der Waals surface area contributed by atoms with Gasteiger partial charge in [0.15, 0.2) is 18.0 Å². The van der Waals surface area contributed by atoms with Gasteiger partial charge in [0.05, 0.1) is 11.7 Å². The first kappa shape index (κ1) is 28.0. The Morgan fingerprint density at radius 1 is 1.15 bits per heavy atom. The third-order valence-corrected chi connectivity index (χ3v) is 11.0. The first-order valence-corrected chi connectivity index (χ1v) is 14.5. The van der Waals surface area contributed by atoms with Crippen LogP contribution in [0.3, 0.4) is 0 Å². The fraction of sp³-hybridized carbons (Fsp3) is 0.548. The standard InChI is InChI=1S/C31H35BrO7/c1-17-12-22-26-23(32)14-20-13-21(34)10-11-29(20,3)27(26)24(35)15-30(22,4)31(17,25(36)16-38-18(2)33)39-28(37)19-8-6-5-7-9-19/h5-11,13,17,22-24,26-27,35H,12,14-16H2,1-4H3/t17-,22-,23+,24-,26+,27-,29-,30-,31+/m0/s1. The number of rotatable bonds is 5. The van der Waals surface area contributed by atoms with Gasteiger partial charge < -0.3 is 14.6 Å². The number of esters is 2. The quantitative estimate of drug-likeness (QED) is 0.389. The van der Waals surface area contributed by atoms with Crippen LogP contribution in [0.25, 0.3) is 0 Å². The van der Waals surface area contributed by atoms with E-state index in [9.17, 15) is 24.3 Å². The molecule has 0 heterocycles. The smallest absolute Gasteiger partial charge is 0.339 e. The van der Waals surface area contributed by atoms with Crippen molar-refractivity contribution in [2.75, 3.05) is 6.61 Å². The minimum atomic E-state index is -1.60. The minimum Gasteiger partial charge on any atom is -0.458 e. The number of halogens is 1. The number of ether oxygens (including phenoxy) is 2. The zero-order valence-corrected chi connectivity index (χ0v) is 24.3. The van der Waals surface area contributed by atoms with Gasteiger partial charge in [0, 0.05) is 34.4 Å². The summed E-state index contributed by atoms with van der Waals surface area (Å²) in [7, 11) is 0. The number of hydrogen-bond donors (Lipinski definition) is 1. The van der Waals surface area contributed by atoms with E-state index >= 15 is 0 Å². The van der Waals surface area contributed by atoms with Crippen LogP contribution in [-0.2, 0) is 23.9 Å². The van der Waals surface area contributed by atoms with Crippen molar-refractivity contribution in [2.45, 2.75) is 63.5 Å². The van der Waals surface area contributed by atoms with Crippen molar-refractivity contribution < 1.29 is 33.8 Å². The van der Waals surface area contributed by atoms with Gasteiger partial charge in [-0.25, -0.2) is 4.79 Å². The first-order valence-electron chi connectivity index (χ1n) is 13.6. The number of aliphatic hydroxyl groups is 1. The summed E-state index contributed by atoms with van der Waals surface area (Å²) in [6, 6.07) is 8.53. The average Bonchev–Trinajstić information content (AvgIpc) is 3.10. The van der Waals surface area contributed by atoms with Crippen molar-refractivity contribution in [1.82, 2.24) is 0 Å². The normalized spacial score (nSPS) is 40.6. The third kappa shape index (κ3) is 4.17. The number of benzene rings is 1. The lowest BCUT2D eigenvalue weighted by molar-refractivity contribution is -0.186. The molecule has 0 aromatic heterocycles. The van der Waals surface area contributed by atoms with E-state index in [1.165, 1.54) is 6.92 Å². The number of Topliss-reactive ketones (excluding diaryl/α,β-unsaturated/α-hetero) is 1. The molecule has 208 valence electrons. The number of allylic oxidation sites excluding steroid dienone is 4. The molecule has 4 aliphatic rings. The maximum atomic E-state index is 14.1. The number of fused-ring (bicyclic) bond motifs is 5. The predicted molar refractivity (Wildman–Crippen MR) is 147 cm³/mol. The number of carbonyl (C=O) groups excluding carboxylic acids is 4. The van der Waals surface area contributed by atoms with Crippen molar-refractivity contribution >= 4 is 39.4 Å². The number of hydrogen-bond acceptors (Lipinski definition) is 7. The molecule has 7 nitrogen and oxygen atoms in total. The van der Waals surface area contributed by atoms with E-state index in [0.29, 0.717) is 18.4 Å². The van der Waals surface area contributed by atoms with Crippen molar-refractivity contribution in [3.8, 4) is 0 Å². The second-order valence-electron chi connectivity index (χ2n) is 12.1. The van der Waals surface area contributed by atoms with Gasteiger partial charge in [-0.05, 0) is 55.4 Å². The molecule has 0 bridgehead atoms. The van der Waals surface area contributed by atoms with Crippen LogP contribution in [0.2, 0.25) is 0 Å². The predicted octanol–water partition coefficient (Wildman–Crippen LogP) is 4.61. The van der Waals surface area contributed by atoms with Gasteiger partial charge in [-0.3, -0.25) is 14.4 Å². The molecule has 3 fully saturated rings. The van der Waals surface area contributed by atoms with Gasteiger partial charge in [-0.15, -0.1) is 0 Å². The molecule has 9 atom stereocenters. The van der Waals surface area contributed by atoms with Gasteiger partial charge in [0.25, 0.3) is 0 Å². The van der Waals surface area contributed by atoms with Crippen LogP contribution in [0.1, 0.15) is 57.3 Å². The Hall–Kier alpha value is -2.58.